The van der Waals surface area contributed by atoms with Crippen molar-refractivity contribution >= 4 is 57.6 Å². The summed E-state index contributed by atoms with van der Waals surface area (Å²) in [6, 6.07) is 20.0. The molecule has 9 heteroatoms. The number of hydrogen-bond donors (Lipinski definition) is 1. The van der Waals surface area contributed by atoms with E-state index < -0.39 is 0 Å². The highest BCUT2D eigenvalue weighted by molar-refractivity contribution is 8.27. The number of methoxy groups -OCH3 is 1. The average molecular weight is 535 g/mol. The van der Waals surface area contributed by atoms with Crippen molar-refractivity contribution in [2.75, 3.05) is 30.5 Å². The first kappa shape index (κ1) is 26.2. The maximum atomic E-state index is 13.1. The number of amides is 2. The lowest BCUT2D eigenvalue weighted by atomic mass is 10.1. The summed E-state index contributed by atoms with van der Waals surface area (Å²) in [7, 11) is 1.52. The van der Waals surface area contributed by atoms with Crippen LogP contribution in [0.15, 0.2) is 71.6 Å². The van der Waals surface area contributed by atoms with E-state index in [2.05, 4.69) is 5.32 Å². The largest absolute Gasteiger partial charge is 0.494 e. The van der Waals surface area contributed by atoms with Gasteiger partial charge in [-0.1, -0.05) is 42.2 Å². The van der Waals surface area contributed by atoms with Gasteiger partial charge in [0.25, 0.3) is 11.8 Å². The van der Waals surface area contributed by atoms with Gasteiger partial charge in [0.15, 0.2) is 22.4 Å². The van der Waals surface area contributed by atoms with Crippen molar-refractivity contribution in [1.29, 1.82) is 0 Å². The molecule has 3 aromatic carbocycles. The van der Waals surface area contributed by atoms with Crippen LogP contribution in [0.4, 0.5) is 11.4 Å². The van der Waals surface area contributed by atoms with Gasteiger partial charge in [-0.15, -0.1) is 0 Å². The van der Waals surface area contributed by atoms with Crippen molar-refractivity contribution in [2.24, 2.45) is 0 Å². The summed E-state index contributed by atoms with van der Waals surface area (Å²) in [5.74, 6) is 1.11. The number of ether oxygens (including phenoxy) is 3. The average Bonchev–Trinajstić information content (AvgIpc) is 3.16. The minimum absolute atomic E-state index is 0.176. The Morgan fingerprint density at radius 3 is 2.54 bits per heavy atom. The van der Waals surface area contributed by atoms with E-state index in [1.807, 2.05) is 62.4 Å². The van der Waals surface area contributed by atoms with E-state index in [1.165, 1.54) is 23.8 Å². The molecule has 4 rings (SSSR count). The highest BCUT2D eigenvalue weighted by atomic mass is 32.2. The fraction of sp³-hybridized carbons (Fsp3) is 0.179. The third-order valence-electron chi connectivity index (χ3n) is 5.35. The van der Waals surface area contributed by atoms with Gasteiger partial charge in [0.05, 0.1) is 24.3 Å². The Balaban J connectivity index is 1.44. The molecule has 1 aliphatic rings. The Morgan fingerprint density at radius 2 is 1.84 bits per heavy atom. The van der Waals surface area contributed by atoms with E-state index in [9.17, 15) is 9.59 Å². The lowest BCUT2D eigenvalue weighted by Gasteiger charge is -2.15. The number of carbonyl (C=O) groups is 2. The molecule has 0 spiro atoms. The summed E-state index contributed by atoms with van der Waals surface area (Å²) < 4.78 is 17.1. The first-order chi connectivity index (χ1) is 17.9. The van der Waals surface area contributed by atoms with Gasteiger partial charge in [-0.25, -0.2) is 0 Å². The third-order valence-corrected chi connectivity index (χ3v) is 6.65. The molecule has 0 saturated carbocycles. The van der Waals surface area contributed by atoms with Crippen LogP contribution in [0, 0.1) is 6.92 Å². The quantitative estimate of drug-likeness (QED) is 0.274. The molecule has 1 N–H and O–H groups in total. The number of anilines is 2. The number of nitrogens with one attached hydrogen (secondary N) is 1. The Kier molecular flexibility index (Phi) is 8.47. The van der Waals surface area contributed by atoms with Crippen LogP contribution in [0.3, 0.4) is 0 Å². The molecule has 0 aliphatic carbocycles. The number of nitrogens with zero attached hydrogens (tertiary/aromatic N) is 1. The Labute approximate surface area is 225 Å². The van der Waals surface area contributed by atoms with Gasteiger partial charge < -0.3 is 19.5 Å². The topological polar surface area (TPSA) is 77.1 Å². The zero-order valence-corrected chi connectivity index (χ0v) is 22.3. The maximum Gasteiger partial charge on any atom is 0.270 e. The van der Waals surface area contributed by atoms with Crippen molar-refractivity contribution in [1.82, 2.24) is 0 Å². The molecule has 37 heavy (non-hydrogen) atoms. The smallest absolute Gasteiger partial charge is 0.270 e. The molecule has 0 unspecified atom stereocenters. The van der Waals surface area contributed by atoms with Crippen LogP contribution in [0.25, 0.3) is 6.08 Å². The van der Waals surface area contributed by atoms with Crippen LogP contribution in [-0.4, -0.2) is 36.5 Å². The predicted octanol–water partition coefficient (Wildman–Crippen LogP) is 5.83. The number of benzene rings is 3. The molecular weight excluding hydrogens is 508 g/mol. The van der Waals surface area contributed by atoms with E-state index in [4.69, 9.17) is 26.4 Å². The van der Waals surface area contributed by atoms with Gasteiger partial charge >= 0.3 is 0 Å². The van der Waals surface area contributed by atoms with Crippen molar-refractivity contribution in [3.05, 3.63) is 82.8 Å². The maximum absolute atomic E-state index is 13.1. The summed E-state index contributed by atoms with van der Waals surface area (Å²) in [5.41, 5.74) is 3.17. The van der Waals surface area contributed by atoms with E-state index in [0.717, 1.165) is 16.9 Å². The molecule has 3 aromatic rings. The minimum atomic E-state index is -0.283. The molecule has 0 atom stereocenters. The van der Waals surface area contributed by atoms with Gasteiger partial charge in [-0.05, 0) is 79.6 Å². The van der Waals surface area contributed by atoms with Crippen molar-refractivity contribution < 1.29 is 23.8 Å². The molecule has 0 radical (unpaired) electrons. The highest BCUT2D eigenvalue weighted by Crippen LogP contribution is 2.37. The Hall–Kier alpha value is -3.82. The molecule has 0 aromatic heterocycles. The summed E-state index contributed by atoms with van der Waals surface area (Å²) in [6.45, 7) is 4.26. The van der Waals surface area contributed by atoms with E-state index in [0.29, 0.717) is 38.7 Å². The molecular formula is C28H26N2O5S2. The SMILES string of the molecule is CCOc1ccc(N2C(=O)/C(=C/c3ccc(OCC(=O)Nc4cccc(C)c4)c(OC)c3)SC2=S)cc1. The zero-order valence-electron chi connectivity index (χ0n) is 20.6. The second-order valence-electron chi connectivity index (χ2n) is 8.06. The first-order valence-corrected chi connectivity index (χ1v) is 12.8. The van der Waals surface area contributed by atoms with Crippen LogP contribution in [0.5, 0.6) is 17.2 Å². The van der Waals surface area contributed by atoms with Gasteiger partial charge in [-0.2, -0.15) is 0 Å². The summed E-state index contributed by atoms with van der Waals surface area (Å²) in [4.78, 5) is 27.4. The summed E-state index contributed by atoms with van der Waals surface area (Å²) >= 11 is 6.70. The molecule has 1 aliphatic heterocycles. The van der Waals surface area contributed by atoms with Gasteiger partial charge in [-0.3, -0.25) is 14.5 Å². The van der Waals surface area contributed by atoms with Crippen LogP contribution in [-0.2, 0) is 9.59 Å². The highest BCUT2D eigenvalue weighted by Gasteiger charge is 2.33. The number of rotatable bonds is 9. The van der Waals surface area contributed by atoms with Crippen molar-refractivity contribution in [2.45, 2.75) is 13.8 Å². The molecule has 1 heterocycles. The van der Waals surface area contributed by atoms with Gasteiger partial charge in [0, 0.05) is 5.69 Å². The monoisotopic (exact) mass is 534 g/mol. The van der Waals surface area contributed by atoms with Crippen LogP contribution in [0.2, 0.25) is 0 Å². The lowest BCUT2D eigenvalue weighted by molar-refractivity contribution is -0.118. The number of thiocarbonyl (C=S) groups is 1. The van der Waals surface area contributed by atoms with Gasteiger partial charge in [0.2, 0.25) is 0 Å². The molecule has 190 valence electrons. The number of aryl methyl sites for hydroxylation is 1. The fourth-order valence-corrected chi connectivity index (χ4v) is 4.96. The number of carbonyl (C=O) groups excluding carboxylic acids is 2. The number of thioether (sulfide) groups is 1. The number of hydrogen-bond acceptors (Lipinski definition) is 7. The normalized spacial score (nSPS) is 14.1. The van der Waals surface area contributed by atoms with Crippen molar-refractivity contribution in [3.8, 4) is 17.2 Å². The van der Waals surface area contributed by atoms with Crippen LogP contribution >= 0.6 is 24.0 Å². The fourth-order valence-electron chi connectivity index (χ4n) is 3.66. The molecule has 0 bridgehead atoms. The molecule has 2 amide bonds. The first-order valence-electron chi connectivity index (χ1n) is 11.6. The van der Waals surface area contributed by atoms with E-state index >= 15 is 0 Å². The Bertz CT molecular complexity index is 1350. The predicted molar refractivity (Wildman–Crippen MR) is 152 cm³/mol. The van der Waals surface area contributed by atoms with Crippen LogP contribution < -0.4 is 24.4 Å². The summed E-state index contributed by atoms with van der Waals surface area (Å²) in [6.07, 6.45) is 1.75. The second kappa shape index (κ2) is 11.9. The summed E-state index contributed by atoms with van der Waals surface area (Å²) in [5, 5.41) is 2.81. The molecule has 7 nitrogen and oxygen atoms in total. The zero-order chi connectivity index (χ0) is 26.4. The van der Waals surface area contributed by atoms with Crippen molar-refractivity contribution in [3.63, 3.8) is 0 Å². The van der Waals surface area contributed by atoms with Gasteiger partial charge in [0.1, 0.15) is 5.75 Å². The molecule has 1 saturated heterocycles. The third kappa shape index (κ3) is 6.49. The standard InChI is InChI=1S/C28H26N2O5S2/c1-4-34-22-11-9-21(10-12-22)30-27(32)25(37-28(30)36)16-19-8-13-23(24(15-19)33-3)35-17-26(31)29-20-7-5-6-18(2)14-20/h5-16H,4,17H2,1-3H3,(H,29,31)/b25-16-. The second-order valence-corrected chi connectivity index (χ2v) is 9.74. The van der Waals surface area contributed by atoms with E-state index in [1.54, 1.807) is 24.3 Å². The lowest BCUT2D eigenvalue weighted by Crippen LogP contribution is -2.27. The van der Waals surface area contributed by atoms with E-state index in [-0.39, 0.29) is 18.4 Å². The minimum Gasteiger partial charge on any atom is -0.494 e. The van der Waals surface area contributed by atoms with Crippen LogP contribution in [0.1, 0.15) is 18.1 Å². The Morgan fingerprint density at radius 1 is 1.05 bits per heavy atom. The molecule has 1 fully saturated rings.